The SMILES string of the molecule is CC1COCCN1CCN=C(N)Nc1ccccn1. The van der Waals surface area contributed by atoms with Crippen molar-refractivity contribution >= 4 is 11.8 Å². The van der Waals surface area contributed by atoms with Crippen LogP contribution < -0.4 is 11.1 Å². The lowest BCUT2D eigenvalue weighted by Gasteiger charge is -2.32. The van der Waals surface area contributed by atoms with Crippen molar-refractivity contribution in [1.29, 1.82) is 0 Å². The number of hydrogen-bond acceptors (Lipinski definition) is 4. The normalized spacial score (nSPS) is 21.3. The van der Waals surface area contributed by atoms with Crippen LogP contribution in [0.3, 0.4) is 0 Å². The van der Waals surface area contributed by atoms with Gasteiger partial charge in [0, 0.05) is 25.3 Å². The van der Waals surface area contributed by atoms with Crippen molar-refractivity contribution in [2.45, 2.75) is 13.0 Å². The number of nitrogens with two attached hydrogens (primary N) is 1. The molecule has 0 spiro atoms. The summed E-state index contributed by atoms with van der Waals surface area (Å²) in [6.45, 7) is 6.30. The van der Waals surface area contributed by atoms with Crippen LogP contribution in [-0.2, 0) is 4.74 Å². The highest BCUT2D eigenvalue weighted by Crippen LogP contribution is 2.05. The van der Waals surface area contributed by atoms with E-state index in [9.17, 15) is 0 Å². The minimum Gasteiger partial charge on any atom is -0.379 e. The average molecular weight is 263 g/mol. The van der Waals surface area contributed by atoms with E-state index in [1.807, 2.05) is 18.2 Å². The molecule has 0 saturated carbocycles. The minimum absolute atomic E-state index is 0.402. The van der Waals surface area contributed by atoms with Gasteiger partial charge >= 0.3 is 0 Å². The summed E-state index contributed by atoms with van der Waals surface area (Å²) in [4.78, 5) is 10.8. The van der Waals surface area contributed by atoms with Crippen molar-refractivity contribution in [2.75, 3.05) is 38.2 Å². The number of morpholine rings is 1. The largest absolute Gasteiger partial charge is 0.379 e. The van der Waals surface area contributed by atoms with Gasteiger partial charge in [0.1, 0.15) is 5.82 Å². The lowest BCUT2D eigenvalue weighted by atomic mass is 10.2. The predicted molar refractivity (Wildman–Crippen MR) is 76.2 cm³/mol. The van der Waals surface area contributed by atoms with E-state index >= 15 is 0 Å². The number of rotatable bonds is 4. The first-order valence-corrected chi connectivity index (χ1v) is 6.55. The van der Waals surface area contributed by atoms with Crippen LogP contribution in [0.5, 0.6) is 0 Å². The quantitative estimate of drug-likeness (QED) is 0.612. The minimum atomic E-state index is 0.402. The molecule has 0 radical (unpaired) electrons. The number of hydrogen-bond donors (Lipinski definition) is 2. The summed E-state index contributed by atoms with van der Waals surface area (Å²) in [6, 6.07) is 6.07. The Labute approximate surface area is 113 Å². The highest BCUT2D eigenvalue weighted by atomic mass is 16.5. The summed E-state index contributed by atoms with van der Waals surface area (Å²) >= 11 is 0. The topological polar surface area (TPSA) is 75.8 Å². The van der Waals surface area contributed by atoms with Crippen molar-refractivity contribution in [3.8, 4) is 0 Å². The number of nitrogens with one attached hydrogen (secondary N) is 1. The summed E-state index contributed by atoms with van der Waals surface area (Å²) in [6.07, 6.45) is 1.71. The molecule has 1 atom stereocenters. The van der Waals surface area contributed by atoms with Gasteiger partial charge in [-0.15, -0.1) is 0 Å². The van der Waals surface area contributed by atoms with Gasteiger partial charge < -0.3 is 15.8 Å². The standard InChI is InChI=1S/C13H21N5O/c1-11-10-19-9-8-18(11)7-6-16-13(14)17-12-4-2-3-5-15-12/h2-5,11H,6-10H2,1H3,(H3,14,15,16,17). The van der Waals surface area contributed by atoms with Crippen LogP contribution in [0.2, 0.25) is 0 Å². The van der Waals surface area contributed by atoms with Crippen molar-refractivity contribution < 1.29 is 4.74 Å². The van der Waals surface area contributed by atoms with Crippen LogP contribution in [0.1, 0.15) is 6.92 Å². The molecule has 3 N–H and O–H groups in total. The van der Waals surface area contributed by atoms with Crippen LogP contribution in [0.15, 0.2) is 29.4 Å². The van der Waals surface area contributed by atoms with E-state index in [2.05, 4.69) is 27.1 Å². The Morgan fingerprint density at radius 2 is 2.53 bits per heavy atom. The van der Waals surface area contributed by atoms with Gasteiger partial charge in [0.05, 0.1) is 19.8 Å². The predicted octanol–water partition coefficient (Wildman–Crippen LogP) is 0.529. The number of pyridine rings is 1. The summed E-state index contributed by atoms with van der Waals surface area (Å²) in [5, 5.41) is 2.96. The summed E-state index contributed by atoms with van der Waals surface area (Å²) < 4.78 is 5.40. The highest BCUT2D eigenvalue weighted by molar-refractivity contribution is 5.91. The first kappa shape index (κ1) is 13.8. The third kappa shape index (κ3) is 4.50. The van der Waals surface area contributed by atoms with E-state index in [0.29, 0.717) is 24.4 Å². The molecule has 1 aromatic heterocycles. The zero-order chi connectivity index (χ0) is 13.5. The van der Waals surface area contributed by atoms with E-state index in [4.69, 9.17) is 10.5 Å². The zero-order valence-electron chi connectivity index (χ0n) is 11.2. The Balaban J connectivity index is 1.75. The molecule has 6 heteroatoms. The fourth-order valence-electron chi connectivity index (χ4n) is 2.00. The van der Waals surface area contributed by atoms with Gasteiger partial charge in [-0.05, 0) is 19.1 Å². The molecule has 0 aliphatic carbocycles. The average Bonchev–Trinajstić information content (AvgIpc) is 2.42. The maximum Gasteiger partial charge on any atom is 0.194 e. The molecule has 1 fully saturated rings. The summed E-state index contributed by atoms with van der Waals surface area (Å²) in [5.74, 6) is 1.11. The Morgan fingerprint density at radius 1 is 1.63 bits per heavy atom. The smallest absolute Gasteiger partial charge is 0.194 e. The second-order valence-electron chi connectivity index (χ2n) is 4.57. The van der Waals surface area contributed by atoms with E-state index in [0.717, 1.165) is 26.3 Å². The number of guanidine groups is 1. The summed E-state index contributed by atoms with van der Waals surface area (Å²) in [7, 11) is 0. The molecule has 0 aromatic carbocycles. The van der Waals surface area contributed by atoms with E-state index < -0.39 is 0 Å². The lowest BCUT2D eigenvalue weighted by molar-refractivity contribution is 0.00142. The fourth-order valence-corrected chi connectivity index (χ4v) is 2.00. The molecule has 2 heterocycles. The van der Waals surface area contributed by atoms with Crippen molar-refractivity contribution in [3.63, 3.8) is 0 Å². The van der Waals surface area contributed by atoms with E-state index in [1.165, 1.54) is 0 Å². The van der Waals surface area contributed by atoms with Gasteiger partial charge in [-0.25, -0.2) is 4.98 Å². The number of aliphatic imine (C=N–C) groups is 1. The molecule has 1 aromatic rings. The molecule has 1 aliphatic heterocycles. The molecule has 2 rings (SSSR count). The first-order valence-electron chi connectivity index (χ1n) is 6.55. The lowest BCUT2D eigenvalue weighted by Crippen LogP contribution is -2.44. The van der Waals surface area contributed by atoms with Crippen LogP contribution >= 0.6 is 0 Å². The fraction of sp³-hybridized carbons (Fsp3) is 0.538. The molecule has 6 nitrogen and oxygen atoms in total. The van der Waals surface area contributed by atoms with Crippen LogP contribution in [-0.4, -0.2) is 54.7 Å². The molecule has 1 saturated heterocycles. The molecule has 0 bridgehead atoms. The highest BCUT2D eigenvalue weighted by Gasteiger charge is 2.17. The van der Waals surface area contributed by atoms with Gasteiger partial charge in [-0.2, -0.15) is 0 Å². The second kappa shape index (κ2) is 7.06. The van der Waals surface area contributed by atoms with Gasteiger partial charge in [0.15, 0.2) is 5.96 Å². The molecule has 1 unspecified atom stereocenters. The maximum absolute atomic E-state index is 5.81. The van der Waals surface area contributed by atoms with Crippen LogP contribution in [0.25, 0.3) is 0 Å². The van der Waals surface area contributed by atoms with Gasteiger partial charge in [0.2, 0.25) is 0 Å². The zero-order valence-corrected chi connectivity index (χ0v) is 11.2. The maximum atomic E-state index is 5.81. The molecule has 19 heavy (non-hydrogen) atoms. The Hall–Kier alpha value is -1.66. The number of anilines is 1. The molecule has 0 amide bonds. The van der Waals surface area contributed by atoms with Crippen molar-refractivity contribution in [3.05, 3.63) is 24.4 Å². The third-order valence-electron chi connectivity index (χ3n) is 3.10. The van der Waals surface area contributed by atoms with Crippen LogP contribution in [0, 0.1) is 0 Å². The Morgan fingerprint density at radius 3 is 3.26 bits per heavy atom. The van der Waals surface area contributed by atoms with E-state index in [-0.39, 0.29) is 0 Å². The van der Waals surface area contributed by atoms with Crippen LogP contribution in [0.4, 0.5) is 5.82 Å². The molecular weight excluding hydrogens is 242 g/mol. The number of aromatic nitrogens is 1. The first-order chi connectivity index (χ1) is 9.25. The second-order valence-corrected chi connectivity index (χ2v) is 4.57. The van der Waals surface area contributed by atoms with Crippen molar-refractivity contribution in [2.24, 2.45) is 10.7 Å². The Kier molecular flexibility index (Phi) is 5.11. The molecular formula is C13H21N5O. The van der Waals surface area contributed by atoms with Gasteiger partial charge in [-0.1, -0.05) is 6.07 Å². The summed E-state index contributed by atoms with van der Waals surface area (Å²) in [5.41, 5.74) is 5.81. The monoisotopic (exact) mass is 263 g/mol. The Bertz CT molecular complexity index is 409. The van der Waals surface area contributed by atoms with Gasteiger partial charge in [-0.3, -0.25) is 9.89 Å². The number of ether oxygens (including phenoxy) is 1. The van der Waals surface area contributed by atoms with Crippen molar-refractivity contribution in [1.82, 2.24) is 9.88 Å². The molecule has 1 aliphatic rings. The molecule has 104 valence electrons. The third-order valence-corrected chi connectivity index (χ3v) is 3.10. The number of nitrogens with zero attached hydrogens (tertiary/aromatic N) is 3. The van der Waals surface area contributed by atoms with E-state index in [1.54, 1.807) is 6.20 Å². The van der Waals surface area contributed by atoms with Gasteiger partial charge in [0.25, 0.3) is 0 Å².